The van der Waals surface area contributed by atoms with Crippen LogP contribution in [0.2, 0.25) is 0 Å². The smallest absolute Gasteiger partial charge is 0.310 e. The molecule has 170 valence electrons. The number of Topliss-reactive ketones (excluding diaryl/α,β-unsaturated/α-hetero) is 1. The number of carbonyl (C=O) groups excluding carboxylic acids is 4. The van der Waals surface area contributed by atoms with Gasteiger partial charge < -0.3 is 24.1 Å². The zero-order chi connectivity index (χ0) is 22.8. The van der Waals surface area contributed by atoms with Crippen molar-refractivity contribution in [3.05, 3.63) is 29.8 Å². The topological polar surface area (TPSA) is 93.2 Å². The SMILES string of the molecule is CCOC(=O)C1CCCN(C(=O)CN(C)C(=O)COc2ccc(CCC(C)=O)cc2)C1. The van der Waals surface area contributed by atoms with Gasteiger partial charge in [0, 0.05) is 26.6 Å². The van der Waals surface area contributed by atoms with Gasteiger partial charge in [0.1, 0.15) is 11.5 Å². The fourth-order valence-corrected chi connectivity index (χ4v) is 3.38. The third-order valence-electron chi connectivity index (χ3n) is 5.24. The van der Waals surface area contributed by atoms with Gasteiger partial charge in [0.25, 0.3) is 5.91 Å². The quantitative estimate of drug-likeness (QED) is 0.524. The van der Waals surface area contributed by atoms with Gasteiger partial charge >= 0.3 is 5.97 Å². The van der Waals surface area contributed by atoms with Gasteiger partial charge in [-0.1, -0.05) is 12.1 Å². The van der Waals surface area contributed by atoms with Crippen molar-refractivity contribution >= 4 is 23.6 Å². The molecule has 8 heteroatoms. The summed E-state index contributed by atoms with van der Waals surface area (Å²) < 4.78 is 10.6. The predicted molar refractivity (Wildman–Crippen MR) is 115 cm³/mol. The molecule has 1 aliphatic rings. The van der Waals surface area contributed by atoms with E-state index in [0.717, 1.165) is 12.0 Å². The Morgan fingerprint density at radius 2 is 1.87 bits per heavy atom. The molecular weight excluding hydrogens is 400 g/mol. The summed E-state index contributed by atoms with van der Waals surface area (Å²) in [6.07, 6.45) is 2.61. The van der Waals surface area contributed by atoms with E-state index in [4.69, 9.17) is 9.47 Å². The lowest BCUT2D eigenvalue weighted by molar-refractivity contribution is -0.152. The van der Waals surface area contributed by atoms with Crippen LogP contribution >= 0.6 is 0 Å². The maximum Gasteiger partial charge on any atom is 0.310 e. The zero-order valence-electron chi connectivity index (χ0n) is 18.6. The standard InChI is InChI=1S/C23H32N2O6/c1-4-30-23(29)19-6-5-13-25(14-19)21(27)15-24(3)22(28)16-31-20-11-9-18(10-12-20)8-7-17(2)26/h9-12,19H,4-8,13-16H2,1-3H3. The van der Waals surface area contributed by atoms with Crippen LogP contribution < -0.4 is 4.74 Å². The molecule has 0 bridgehead atoms. The average Bonchev–Trinajstić information content (AvgIpc) is 2.76. The Morgan fingerprint density at radius 3 is 2.52 bits per heavy atom. The number of ether oxygens (including phenoxy) is 2. The van der Waals surface area contributed by atoms with E-state index in [-0.39, 0.29) is 42.6 Å². The normalized spacial score (nSPS) is 15.8. The highest BCUT2D eigenvalue weighted by molar-refractivity contribution is 5.86. The van der Waals surface area contributed by atoms with E-state index in [1.807, 2.05) is 12.1 Å². The van der Waals surface area contributed by atoms with Crippen LogP contribution in [0.1, 0.15) is 38.7 Å². The highest BCUT2D eigenvalue weighted by atomic mass is 16.5. The lowest BCUT2D eigenvalue weighted by Crippen LogP contribution is -2.47. The first-order valence-corrected chi connectivity index (χ1v) is 10.7. The minimum Gasteiger partial charge on any atom is -0.484 e. The number of hydrogen-bond acceptors (Lipinski definition) is 6. The van der Waals surface area contributed by atoms with Crippen molar-refractivity contribution in [1.82, 2.24) is 9.80 Å². The Hall–Kier alpha value is -2.90. The second kappa shape index (κ2) is 12.1. The highest BCUT2D eigenvalue weighted by Gasteiger charge is 2.30. The van der Waals surface area contributed by atoms with Crippen molar-refractivity contribution in [1.29, 1.82) is 0 Å². The van der Waals surface area contributed by atoms with E-state index in [9.17, 15) is 19.2 Å². The minimum absolute atomic E-state index is 0.0677. The van der Waals surface area contributed by atoms with Crippen LogP contribution in [0.5, 0.6) is 5.75 Å². The third kappa shape index (κ3) is 8.03. The molecule has 31 heavy (non-hydrogen) atoms. The Balaban J connectivity index is 1.77. The Bertz CT molecular complexity index is 777. The van der Waals surface area contributed by atoms with Gasteiger partial charge in [0.2, 0.25) is 5.91 Å². The summed E-state index contributed by atoms with van der Waals surface area (Å²) >= 11 is 0. The molecule has 1 aromatic rings. The van der Waals surface area contributed by atoms with Crippen LogP contribution in [0.15, 0.2) is 24.3 Å². The van der Waals surface area contributed by atoms with Gasteiger partial charge in [0.15, 0.2) is 6.61 Å². The van der Waals surface area contributed by atoms with Gasteiger partial charge in [-0.15, -0.1) is 0 Å². The number of ketones is 1. The second-order valence-corrected chi connectivity index (χ2v) is 7.82. The van der Waals surface area contributed by atoms with Crippen molar-refractivity contribution in [2.24, 2.45) is 5.92 Å². The Morgan fingerprint density at radius 1 is 1.16 bits per heavy atom. The number of hydrogen-bond donors (Lipinski definition) is 0. The maximum absolute atomic E-state index is 12.6. The predicted octanol–water partition coefficient (Wildman–Crippen LogP) is 1.85. The minimum atomic E-state index is -0.312. The summed E-state index contributed by atoms with van der Waals surface area (Å²) in [7, 11) is 1.56. The number of aryl methyl sites for hydroxylation is 1. The molecule has 0 aromatic heterocycles. The first-order valence-electron chi connectivity index (χ1n) is 10.7. The molecule has 1 aliphatic heterocycles. The lowest BCUT2D eigenvalue weighted by Gasteiger charge is -2.32. The monoisotopic (exact) mass is 432 g/mol. The molecule has 0 spiro atoms. The lowest BCUT2D eigenvalue weighted by atomic mass is 9.98. The molecule has 1 aromatic carbocycles. The molecule has 1 heterocycles. The maximum atomic E-state index is 12.6. The number of rotatable bonds is 10. The van der Waals surface area contributed by atoms with Crippen LogP contribution in [0.4, 0.5) is 0 Å². The first-order chi connectivity index (χ1) is 14.8. The molecule has 2 rings (SSSR count). The molecule has 0 radical (unpaired) electrons. The van der Waals surface area contributed by atoms with Gasteiger partial charge in [0.05, 0.1) is 19.1 Å². The molecule has 0 saturated carbocycles. The number of benzene rings is 1. The summed E-state index contributed by atoms with van der Waals surface area (Å²) in [5.74, 6) is -0.393. The summed E-state index contributed by atoms with van der Waals surface area (Å²) in [5.41, 5.74) is 1.03. The Kier molecular flexibility index (Phi) is 9.49. The summed E-state index contributed by atoms with van der Waals surface area (Å²) in [6, 6.07) is 7.26. The molecule has 8 nitrogen and oxygen atoms in total. The molecule has 2 amide bonds. The fourth-order valence-electron chi connectivity index (χ4n) is 3.38. The summed E-state index contributed by atoms with van der Waals surface area (Å²) in [6.45, 7) is 4.30. The van der Waals surface area contributed by atoms with Crippen molar-refractivity contribution in [2.45, 2.75) is 39.5 Å². The van der Waals surface area contributed by atoms with Crippen molar-refractivity contribution in [3.63, 3.8) is 0 Å². The summed E-state index contributed by atoms with van der Waals surface area (Å²) in [4.78, 5) is 50.9. The number of likely N-dealkylation sites (N-methyl/N-ethyl adjacent to an activating group) is 1. The molecule has 1 atom stereocenters. The largest absolute Gasteiger partial charge is 0.484 e. The summed E-state index contributed by atoms with van der Waals surface area (Å²) in [5, 5.41) is 0. The van der Waals surface area contributed by atoms with Crippen LogP contribution in [0.25, 0.3) is 0 Å². The van der Waals surface area contributed by atoms with Crippen molar-refractivity contribution in [3.8, 4) is 5.75 Å². The molecule has 1 unspecified atom stereocenters. The molecule has 1 saturated heterocycles. The number of likely N-dealkylation sites (tertiary alicyclic amines) is 1. The highest BCUT2D eigenvalue weighted by Crippen LogP contribution is 2.18. The average molecular weight is 433 g/mol. The molecule has 1 fully saturated rings. The van der Waals surface area contributed by atoms with Gasteiger partial charge in [-0.25, -0.2) is 0 Å². The molecule has 0 N–H and O–H groups in total. The van der Waals surface area contributed by atoms with E-state index < -0.39 is 0 Å². The molecular formula is C23H32N2O6. The van der Waals surface area contributed by atoms with Crippen LogP contribution in [0, 0.1) is 5.92 Å². The second-order valence-electron chi connectivity index (χ2n) is 7.82. The van der Waals surface area contributed by atoms with Gasteiger partial charge in [-0.3, -0.25) is 14.4 Å². The number of nitrogens with zero attached hydrogens (tertiary/aromatic N) is 2. The number of esters is 1. The van der Waals surface area contributed by atoms with Crippen molar-refractivity contribution in [2.75, 3.05) is 39.9 Å². The number of carbonyl (C=O) groups is 4. The van der Waals surface area contributed by atoms with Crippen LogP contribution in [0.3, 0.4) is 0 Å². The molecule has 0 aliphatic carbocycles. The van der Waals surface area contributed by atoms with E-state index in [1.165, 1.54) is 4.90 Å². The van der Waals surface area contributed by atoms with E-state index in [0.29, 0.717) is 44.7 Å². The third-order valence-corrected chi connectivity index (χ3v) is 5.24. The van der Waals surface area contributed by atoms with Gasteiger partial charge in [-0.2, -0.15) is 0 Å². The van der Waals surface area contributed by atoms with Crippen LogP contribution in [-0.2, 0) is 30.3 Å². The fraction of sp³-hybridized carbons (Fsp3) is 0.565. The van der Waals surface area contributed by atoms with Crippen molar-refractivity contribution < 1.29 is 28.7 Å². The van der Waals surface area contributed by atoms with Gasteiger partial charge in [-0.05, 0) is 50.8 Å². The van der Waals surface area contributed by atoms with Crippen LogP contribution in [-0.4, -0.2) is 73.3 Å². The van der Waals surface area contributed by atoms with E-state index in [2.05, 4.69) is 0 Å². The van der Waals surface area contributed by atoms with E-state index >= 15 is 0 Å². The van der Waals surface area contributed by atoms with E-state index in [1.54, 1.807) is 37.9 Å². The zero-order valence-corrected chi connectivity index (χ0v) is 18.6. The Labute approximate surface area is 183 Å². The number of piperidine rings is 1. The number of amides is 2. The first kappa shape index (κ1) is 24.4.